The molecule has 0 atom stereocenters. The van der Waals surface area contributed by atoms with E-state index in [0.717, 1.165) is 12.8 Å². The maximum atomic E-state index is 15.2. The van der Waals surface area contributed by atoms with Crippen LogP contribution in [0.15, 0.2) is 55.0 Å². The summed E-state index contributed by atoms with van der Waals surface area (Å²) in [7, 11) is 1.76. The summed E-state index contributed by atoms with van der Waals surface area (Å²) in [5.41, 5.74) is 8.45. The van der Waals surface area contributed by atoms with E-state index in [-0.39, 0.29) is 29.5 Å². The topological polar surface area (TPSA) is 103 Å². The standard InChI is InChI=1S/C28H21F2N7O/c1-36-25-21-11-20(23(29)12-24(21)35-27(31)22(25)14-34-36)28(38)37(19-8-9-19)15-18-7-5-16(13-33-18)4-6-17-3-2-10-32-26(17)30/h2-3,5,7,10-14,19H,8-9,15H2,1H3,(H2,31,35). The summed E-state index contributed by atoms with van der Waals surface area (Å²) in [5.74, 6) is 4.15. The van der Waals surface area contributed by atoms with Gasteiger partial charge < -0.3 is 10.6 Å². The van der Waals surface area contributed by atoms with Crippen molar-refractivity contribution in [1.29, 1.82) is 0 Å². The number of nitrogens with zero attached hydrogens (tertiary/aromatic N) is 6. The molecule has 1 aliphatic carbocycles. The third-order valence-corrected chi connectivity index (χ3v) is 6.53. The fourth-order valence-electron chi connectivity index (χ4n) is 4.44. The number of benzene rings is 1. The van der Waals surface area contributed by atoms with E-state index in [9.17, 15) is 9.18 Å². The Morgan fingerprint density at radius 2 is 1.97 bits per heavy atom. The molecule has 2 N–H and O–H groups in total. The Morgan fingerprint density at radius 3 is 2.71 bits per heavy atom. The van der Waals surface area contributed by atoms with Crippen LogP contribution >= 0.6 is 0 Å². The van der Waals surface area contributed by atoms with Crippen LogP contribution in [0, 0.1) is 23.6 Å². The van der Waals surface area contributed by atoms with Crippen molar-refractivity contribution in [1.82, 2.24) is 29.6 Å². The van der Waals surface area contributed by atoms with Gasteiger partial charge in [0, 0.05) is 42.5 Å². The highest BCUT2D eigenvalue weighted by Crippen LogP contribution is 2.33. The Labute approximate surface area is 216 Å². The third kappa shape index (κ3) is 4.28. The van der Waals surface area contributed by atoms with Crippen LogP contribution in [0.25, 0.3) is 21.8 Å². The zero-order valence-corrected chi connectivity index (χ0v) is 20.3. The second-order valence-corrected chi connectivity index (χ2v) is 9.17. The van der Waals surface area contributed by atoms with Crippen LogP contribution in [-0.2, 0) is 13.6 Å². The van der Waals surface area contributed by atoms with E-state index in [4.69, 9.17) is 5.73 Å². The molecule has 10 heteroatoms. The number of aryl methyl sites for hydroxylation is 1. The van der Waals surface area contributed by atoms with Crippen molar-refractivity contribution in [2.45, 2.75) is 25.4 Å². The lowest BCUT2D eigenvalue weighted by molar-refractivity contribution is 0.0723. The number of rotatable bonds is 4. The van der Waals surface area contributed by atoms with Crippen LogP contribution in [0.3, 0.4) is 0 Å². The smallest absolute Gasteiger partial charge is 0.257 e. The summed E-state index contributed by atoms with van der Waals surface area (Å²) < 4.78 is 30.5. The van der Waals surface area contributed by atoms with Gasteiger partial charge in [-0.15, -0.1) is 0 Å². The number of fused-ring (bicyclic) bond motifs is 3. The van der Waals surface area contributed by atoms with Gasteiger partial charge in [-0.2, -0.15) is 9.49 Å². The molecule has 188 valence electrons. The number of aromatic nitrogens is 5. The Morgan fingerprint density at radius 1 is 1.13 bits per heavy atom. The quantitative estimate of drug-likeness (QED) is 0.291. The molecule has 6 rings (SSSR count). The molecule has 4 heterocycles. The zero-order chi connectivity index (χ0) is 26.4. The molecule has 1 amide bonds. The van der Waals surface area contributed by atoms with Crippen molar-refractivity contribution < 1.29 is 13.6 Å². The van der Waals surface area contributed by atoms with Crippen molar-refractivity contribution in [3.63, 3.8) is 0 Å². The molecule has 8 nitrogen and oxygen atoms in total. The van der Waals surface area contributed by atoms with Crippen molar-refractivity contribution in [3.05, 3.63) is 89.1 Å². The van der Waals surface area contributed by atoms with E-state index in [0.29, 0.717) is 33.1 Å². The third-order valence-electron chi connectivity index (χ3n) is 6.53. The monoisotopic (exact) mass is 509 g/mol. The number of nitrogen functional groups attached to an aromatic ring is 1. The van der Waals surface area contributed by atoms with Crippen molar-refractivity contribution in [2.75, 3.05) is 5.73 Å². The second kappa shape index (κ2) is 9.19. The minimum atomic E-state index is -0.664. The van der Waals surface area contributed by atoms with E-state index >= 15 is 4.39 Å². The second-order valence-electron chi connectivity index (χ2n) is 9.17. The van der Waals surface area contributed by atoms with Crippen LogP contribution in [0.5, 0.6) is 0 Å². The lowest BCUT2D eigenvalue weighted by Crippen LogP contribution is -2.33. The average Bonchev–Trinajstić information content (AvgIpc) is 3.68. The van der Waals surface area contributed by atoms with Gasteiger partial charge in [-0.3, -0.25) is 14.5 Å². The highest BCUT2D eigenvalue weighted by atomic mass is 19.1. The predicted molar refractivity (Wildman–Crippen MR) is 138 cm³/mol. The first kappa shape index (κ1) is 23.5. The largest absolute Gasteiger partial charge is 0.383 e. The first-order chi connectivity index (χ1) is 18.4. The number of pyridine rings is 3. The Bertz CT molecular complexity index is 1780. The molecule has 0 saturated heterocycles. The van der Waals surface area contributed by atoms with Gasteiger partial charge in [-0.25, -0.2) is 14.4 Å². The van der Waals surface area contributed by atoms with E-state index in [1.54, 1.807) is 53.3 Å². The van der Waals surface area contributed by atoms with Crippen molar-refractivity contribution >= 4 is 33.5 Å². The molecule has 5 aromatic rings. The maximum Gasteiger partial charge on any atom is 0.257 e. The lowest BCUT2D eigenvalue weighted by Gasteiger charge is -2.23. The Hall–Kier alpha value is -4.91. The van der Waals surface area contributed by atoms with E-state index in [1.165, 1.54) is 18.3 Å². The molecule has 38 heavy (non-hydrogen) atoms. The molecule has 0 aliphatic heterocycles. The number of carbonyl (C=O) groups is 1. The Kier molecular flexibility index (Phi) is 5.68. The van der Waals surface area contributed by atoms with Gasteiger partial charge in [0.1, 0.15) is 11.6 Å². The van der Waals surface area contributed by atoms with Crippen LogP contribution in [-0.4, -0.2) is 41.6 Å². The first-order valence-electron chi connectivity index (χ1n) is 12.0. The van der Waals surface area contributed by atoms with Crippen LogP contribution < -0.4 is 5.73 Å². The number of amides is 1. The predicted octanol–water partition coefficient (Wildman–Crippen LogP) is 3.98. The number of nitrogens with two attached hydrogens (primary N) is 1. The van der Waals surface area contributed by atoms with Crippen LogP contribution in [0.2, 0.25) is 0 Å². The van der Waals surface area contributed by atoms with Gasteiger partial charge >= 0.3 is 0 Å². The summed E-state index contributed by atoms with van der Waals surface area (Å²) in [6.45, 7) is 0.215. The molecule has 0 spiro atoms. The van der Waals surface area contributed by atoms with Gasteiger partial charge in [0.15, 0.2) is 0 Å². The molecule has 0 radical (unpaired) electrons. The molecular formula is C28H21F2N7O. The first-order valence-corrected chi connectivity index (χ1v) is 12.0. The van der Waals surface area contributed by atoms with Gasteiger partial charge in [-0.05, 0) is 43.2 Å². The average molecular weight is 510 g/mol. The van der Waals surface area contributed by atoms with Gasteiger partial charge in [-0.1, -0.05) is 11.8 Å². The van der Waals surface area contributed by atoms with Crippen LogP contribution in [0.1, 0.15) is 40.0 Å². The molecule has 4 aromatic heterocycles. The number of anilines is 1. The molecular weight excluding hydrogens is 488 g/mol. The highest BCUT2D eigenvalue weighted by Gasteiger charge is 2.34. The fraction of sp³-hybridized carbons (Fsp3) is 0.179. The van der Waals surface area contributed by atoms with Crippen molar-refractivity contribution in [2.24, 2.45) is 7.05 Å². The van der Waals surface area contributed by atoms with Crippen LogP contribution in [0.4, 0.5) is 14.6 Å². The Balaban J connectivity index is 1.29. The summed E-state index contributed by atoms with van der Waals surface area (Å²) in [5, 5.41) is 5.48. The molecule has 0 unspecified atom stereocenters. The summed E-state index contributed by atoms with van der Waals surface area (Å²) in [6.07, 6.45) is 6.21. The van der Waals surface area contributed by atoms with E-state index in [2.05, 4.69) is 31.9 Å². The van der Waals surface area contributed by atoms with Gasteiger partial charge in [0.25, 0.3) is 5.91 Å². The minimum absolute atomic E-state index is 0.00804. The van der Waals surface area contributed by atoms with Crippen molar-refractivity contribution in [3.8, 4) is 11.8 Å². The number of carbonyl (C=O) groups excluding carboxylic acids is 1. The minimum Gasteiger partial charge on any atom is -0.383 e. The SMILES string of the molecule is Cn1ncc2c(N)nc3cc(F)c(C(=O)N(Cc4ccc(C#Cc5cccnc5F)cn4)C4CC4)cc3c21. The molecule has 1 aromatic carbocycles. The zero-order valence-electron chi connectivity index (χ0n) is 20.3. The molecule has 1 fully saturated rings. The van der Waals surface area contributed by atoms with E-state index < -0.39 is 17.7 Å². The summed E-state index contributed by atoms with van der Waals surface area (Å²) in [4.78, 5) is 27.6. The number of halogens is 2. The van der Waals surface area contributed by atoms with E-state index in [1.807, 2.05) is 0 Å². The van der Waals surface area contributed by atoms with Gasteiger partial charge in [0.05, 0.1) is 46.0 Å². The highest BCUT2D eigenvalue weighted by molar-refractivity contribution is 6.10. The molecule has 1 saturated carbocycles. The normalized spacial score (nSPS) is 12.9. The number of hydrogen-bond acceptors (Lipinski definition) is 6. The number of hydrogen-bond donors (Lipinski definition) is 1. The lowest BCUT2D eigenvalue weighted by atomic mass is 10.1. The summed E-state index contributed by atoms with van der Waals surface area (Å²) in [6, 6.07) is 9.46. The van der Waals surface area contributed by atoms with Gasteiger partial charge in [0.2, 0.25) is 5.95 Å². The summed E-state index contributed by atoms with van der Waals surface area (Å²) >= 11 is 0. The molecule has 1 aliphatic rings. The maximum absolute atomic E-state index is 15.2. The fourth-order valence-corrected chi connectivity index (χ4v) is 4.44. The molecule has 0 bridgehead atoms.